The van der Waals surface area contributed by atoms with Gasteiger partial charge in [0.05, 0.1) is 23.3 Å². The number of carbonyl (C=O) groups is 1. The highest BCUT2D eigenvalue weighted by Gasteiger charge is 2.19. The molecule has 3 aromatic rings. The molecule has 1 aromatic heterocycles. The van der Waals surface area contributed by atoms with Gasteiger partial charge in [-0.15, -0.1) is 0 Å². The Labute approximate surface area is 125 Å². The molecule has 0 aliphatic heterocycles. The summed E-state index contributed by atoms with van der Waals surface area (Å²) in [4.78, 5) is 29.0. The molecule has 0 aliphatic carbocycles. The van der Waals surface area contributed by atoms with Crippen molar-refractivity contribution in [2.24, 2.45) is 0 Å². The zero-order valence-corrected chi connectivity index (χ0v) is 11.9. The molecule has 3 rings (SSSR count). The molecule has 22 heavy (non-hydrogen) atoms. The first-order chi connectivity index (χ1) is 10.6. The lowest BCUT2D eigenvalue weighted by atomic mass is 10.1. The number of carbonyl (C=O) groups excluding carboxylic acids is 1. The van der Waals surface area contributed by atoms with Crippen molar-refractivity contribution in [2.75, 3.05) is 0 Å². The van der Waals surface area contributed by atoms with Crippen LogP contribution in [0.5, 0.6) is 0 Å². The Morgan fingerprint density at radius 3 is 2.64 bits per heavy atom. The summed E-state index contributed by atoms with van der Waals surface area (Å²) in [5.74, 6) is -0.702. The topological polar surface area (TPSA) is 52.0 Å². The number of halogens is 1. The van der Waals surface area contributed by atoms with Crippen LogP contribution >= 0.6 is 0 Å². The van der Waals surface area contributed by atoms with E-state index in [2.05, 4.69) is 4.98 Å². The second-order valence-electron chi connectivity index (χ2n) is 5.02. The fourth-order valence-electron chi connectivity index (χ4n) is 2.35. The highest BCUT2D eigenvalue weighted by molar-refractivity contribution is 5.98. The van der Waals surface area contributed by atoms with E-state index in [-0.39, 0.29) is 11.2 Å². The average Bonchev–Trinajstić information content (AvgIpc) is 2.55. The van der Waals surface area contributed by atoms with E-state index >= 15 is 0 Å². The summed E-state index contributed by atoms with van der Waals surface area (Å²) in [5.41, 5.74) is 0.490. The number of hydrogen-bond acceptors (Lipinski definition) is 3. The molecular weight excluding hydrogens is 283 g/mol. The summed E-state index contributed by atoms with van der Waals surface area (Å²) in [6.07, 6.45) is 1.33. The number of Topliss-reactive ketones (excluding diaryl/α,β-unsaturated/α-hetero) is 1. The van der Waals surface area contributed by atoms with Gasteiger partial charge >= 0.3 is 0 Å². The van der Waals surface area contributed by atoms with Crippen molar-refractivity contribution in [3.05, 3.63) is 76.6 Å². The van der Waals surface area contributed by atoms with Gasteiger partial charge < -0.3 is 0 Å². The minimum Gasteiger partial charge on any atom is -0.292 e. The first-order valence-corrected chi connectivity index (χ1v) is 6.83. The van der Waals surface area contributed by atoms with Crippen molar-refractivity contribution < 1.29 is 9.18 Å². The van der Waals surface area contributed by atoms with E-state index < -0.39 is 17.4 Å². The lowest BCUT2D eigenvalue weighted by Crippen LogP contribution is -2.28. The molecule has 0 bridgehead atoms. The van der Waals surface area contributed by atoms with E-state index in [0.29, 0.717) is 11.1 Å². The van der Waals surface area contributed by atoms with Crippen LogP contribution in [0.25, 0.3) is 10.9 Å². The number of ketones is 1. The summed E-state index contributed by atoms with van der Waals surface area (Å²) in [6.45, 7) is 1.63. The summed E-state index contributed by atoms with van der Waals surface area (Å²) in [6, 6.07) is 11.8. The molecule has 0 N–H and O–H groups in total. The quantitative estimate of drug-likeness (QED) is 0.698. The molecule has 1 atom stereocenters. The maximum atomic E-state index is 13.3. The summed E-state index contributed by atoms with van der Waals surface area (Å²) < 4.78 is 14.6. The van der Waals surface area contributed by atoms with Crippen LogP contribution in [0.4, 0.5) is 4.39 Å². The number of fused-ring (bicyclic) bond motifs is 1. The Bertz CT molecular complexity index is 903. The van der Waals surface area contributed by atoms with Crippen LogP contribution in [-0.2, 0) is 0 Å². The van der Waals surface area contributed by atoms with Crippen molar-refractivity contribution in [3.63, 3.8) is 0 Å². The van der Waals surface area contributed by atoms with Gasteiger partial charge in [-0.2, -0.15) is 0 Å². The van der Waals surface area contributed by atoms with Crippen LogP contribution in [-0.4, -0.2) is 15.3 Å². The van der Waals surface area contributed by atoms with Gasteiger partial charge in [-0.1, -0.05) is 30.3 Å². The lowest BCUT2D eigenvalue weighted by Gasteiger charge is -2.14. The van der Waals surface area contributed by atoms with Gasteiger partial charge in [-0.25, -0.2) is 9.37 Å². The van der Waals surface area contributed by atoms with Gasteiger partial charge in [-0.3, -0.25) is 14.2 Å². The zero-order valence-electron chi connectivity index (χ0n) is 11.9. The van der Waals surface area contributed by atoms with Crippen LogP contribution in [0, 0.1) is 5.82 Å². The molecule has 110 valence electrons. The van der Waals surface area contributed by atoms with Crippen LogP contribution in [0.3, 0.4) is 0 Å². The minimum absolute atomic E-state index is 0.162. The van der Waals surface area contributed by atoms with Crippen LogP contribution < -0.4 is 5.56 Å². The molecule has 0 radical (unpaired) electrons. The van der Waals surface area contributed by atoms with Crippen molar-refractivity contribution in [2.45, 2.75) is 13.0 Å². The molecule has 4 nitrogen and oxygen atoms in total. The van der Waals surface area contributed by atoms with E-state index in [9.17, 15) is 14.0 Å². The number of aromatic nitrogens is 2. The van der Waals surface area contributed by atoms with Crippen LogP contribution in [0.15, 0.2) is 59.7 Å². The third-order valence-corrected chi connectivity index (χ3v) is 3.60. The Balaban J connectivity index is 2.08. The lowest BCUT2D eigenvalue weighted by molar-refractivity contribution is 0.0932. The molecule has 1 heterocycles. The predicted octanol–water partition coefficient (Wildman–Crippen LogP) is 2.98. The highest BCUT2D eigenvalue weighted by atomic mass is 19.1. The summed E-state index contributed by atoms with van der Waals surface area (Å²) in [7, 11) is 0. The summed E-state index contributed by atoms with van der Waals surface area (Å²) in [5, 5.41) is 0.162. The first kappa shape index (κ1) is 14.1. The normalized spacial score (nSPS) is 12.3. The van der Waals surface area contributed by atoms with Crippen molar-refractivity contribution in [1.82, 2.24) is 9.55 Å². The number of hydrogen-bond donors (Lipinski definition) is 0. The first-order valence-electron chi connectivity index (χ1n) is 6.83. The third-order valence-electron chi connectivity index (χ3n) is 3.60. The smallest absolute Gasteiger partial charge is 0.261 e. The molecule has 2 aromatic carbocycles. The Kier molecular flexibility index (Phi) is 3.55. The number of nitrogens with zero attached hydrogens (tertiary/aromatic N) is 2. The van der Waals surface area contributed by atoms with E-state index in [1.54, 1.807) is 31.2 Å². The Morgan fingerprint density at radius 2 is 1.91 bits per heavy atom. The molecule has 0 spiro atoms. The molecule has 0 fully saturated rings. The molecule has 0 unspecified atom stereocenters. The van der Waals surface area contributed by atoms with Crippen molar-refractivity contribution in [1.29, 1.82) is 0 Å². The monoisotopic (exact) mass is 296 g/mol. The third kappa shape index (κ3) is 2.41. The summed E-state index contributed by atoms with van der Waals surface area (Å²) >= 11 is 0. The molecule has 0 saturated heterocycles. The van der Waals surface area contributed by atoms with Crippen LogP contribution in [0.2, 0.25) is 0 Å². The molecule has 0 amide bonds. The highest BCUT2D eigenvalue weighted by Crippen LogP contribution is 2.14. The van der Waals surface area contributed by atoms with E-state index in [4.69, 9.17) is 0 Å². The fraction of sp³-hybridized carbons (Fsp3) is 0.118. The minimum atomic E-state index is -0.713. The Hall–Kier alpha value is -2.82. The van der Waals surface area contributed by atoms with E-state index in [1.807, 2.05) is 6.07 Å². The number of benzene rings is 2. The van der Waals surface area contributed by atoms with Crippen LogP contribution in [0.1, 0.15) is 23.3 Å². The molecule has 0 aliphatic rings. The van der Waals surface area contributed by atoms with Gasteiger partial charge in [0, 0.05) is 5.56 Å². The second-order valence-corrected chi connectivity index (χ2v) is 5.02. The maximum Gasteiger partial charge on any atom is 0.261 e. The van der Waals surface area contributed by atoms with E-state index in [0.717, 1.165) is 6.07 Å². The van der Waals surface area contributed by atoms with Gasteiger partial charge in [0.2, 0.25) is 0 Å². The van der Waals surface area contributed by atoms with E-state index in [1.165, 1.54) is 23.0 Å². The standard InChI is InChI=1S/C17H13FN2O2/c1-11(16(21)12-5-3-2-4-6-12)20-10-19-15-8-7-13(18)9-14(15)17(20)22/h2-11H,1H3/t11-/m0/s1. The van der Waals surface area contributed by atoms with Crippen molar-refractivity contribution >= 4 is 16.7 Å². The molecule has 5 heteroatoms. The van der Waals surface area contributed by atoms with Gasteiger partial charge in [-0.05, 0) is 25.1 Å². The fourth-order valence-corrected chi connectivity index (χ4v) is 2.35. The van der Waals surface area contributed by atoms with Crippen molar-refractivity contribution in [3.8, 4) is 0 Å². The van der Waals surface area contributed by atoms with Gasteiger partial charge in [0.25, 0.3) is 5.56 Å². The largest absolute Gasteiger partial charge is 0.292 e. The SMILES string of the molecule is C[C@@H](C(=O)c1ccccc1)n1cnc2ccc(F)cc2c1=O. The number of rotatable bonds is 3. The Morgan fingerprint density at radius 1 is 1.18 bits per heavy atom. The zero-order chi connectivity index (χ0) is 15.7. The molecule has 0 saturated carbocycles. The average molecular weight is 296 g/mol. The maximum absolute atomic E-state index is 13.3. The predicted molar refractivity (Wildman–Crippen MR) is 81.4 cm³/mol. The van der Waals surface area contributed by atoms with Gasteiger partial charge in [0.15, 0.2) is 5.78 Å². The second kappa shape index (κ2) is 5.52. The van der Waals surface area contributed by atoms with Gasteiger partial charge in [0.1, 0.15) is 5.82 Å². The molecular formula is C17H13FN2O2.